The molecular formula is C18H14ClNO. The van der Waals surface area contributed by atoms with Crippen molar-refractivity contribution in [1.82, 2.24) is 0 Å². The summed E-state index contributed by atoms with van der Waals surface area (Å²) >= 11 is 6.14. The number of hydrogen-bond donors (Lipinski definition) is 1. The molecule has 0 bridgehead atoms. The maximum atomic E-state index is 10.1. The smallest absolute Gasteiger partial charge is 0.124 e. The van der Waals surface area contributed by atoms with E-state index in [9.17, 15) is 5.11 Å². The molecule has 0 aliphatic rings. The van der Waals surface area contributed by atoms with Gasteiger partial charge in [-0.1, -0.05) is 48.0 Å². The second-order valence-electron chi connectivity index (χ2n) is 4.93. The van der Waals surface area contributed by atoms with Crippen LogP contribution in [0.1, 0.15) is 11.1 Å². The van der Waals surface area contributed by atoms with E-state index in [-0.39, 0.29) is 5.75 Å². The summed E-state index contributed by atoms with van der Waals surface area (Å²) in [7, 11) is 0. The van der Waals surface area contributed by atoms with Crippen LogP contribution in [0, 0.1) is 6.92 Å². The summed E-state index contributed by atoms with van der Waals surface area (Å²) in [4.78, 5) is 4.43. The predicted octanol–water partition coefficient (Wildman–Crippen LogP) is 5.26. The number of phenolic OH excluding ortho intramolecular Hbond substituents is 1. The predicted molar refractivity (Wildman–Crippen MR) is 89.1 cm³/mol. The fourth-order valence-corrected chi connectivity index (χ4v) is 2.44. The van der Waals surface area contributed by atoms with Gasteiger partial charge in [-0.05, 0) is 41.5 Å². The molecule has 21 heavy (non-hydrogen) atoms. The Morgan fingerprint density at radius 3 is 2.71 bits per heavy atom. The van der Waals surface area contributed by atoms with Gasteiger partial charge in [0, 0.05) is 11.8 Å². The Labute approximate surface area is 128 Å². The Bertz CT molecular complexity index is 840. The van der Waals surface area contributed by atoms with Crippen LogP contribution in [0.3, 0.4) is 0 Å². The van der Waals surface area contributed by atoms with E-state index in [4.69, 9.17) is 11.6 Å². The van der Waals surface area contributed by atoms with Crippen LogP contribution in [0.15, 0.2) is 59.6 Å². The first-order valence-corrected chi connectivity index (χ1v) is 7.04. The summed E-state index contributed by atoms with van der Waals surface area (Å²) in [6, 6.07) is 17.1. The molecule has 0 spiro atoms. The molecule has 3 aromatic carbocycles. The second kappa shape index (κ2) is 5.58. The standard InChI is InChI=1S/C18H14ClNO/c1-12-6-8-16(19)17(10-12)20-11-15-14-5-3-2-4-13(14)7-9-18(15)21/h2-11,21H,1H3. The van der Waals surface area contributed by atoms with Gasteiger partial charge in [0.05, 0.1) is 10.7 Å². The molecule has 0 saturated carbocycles. The fourth-order valence-electron chi connectivity index (χ4n) is 2.28. The monoisotopic (exact) mass is 295 g/mol. The van der Waals surface area contributed by atoms with E-state index in [2.05, 4.69) is 4.99 Å². The molecule has 3 heteroatoms. The van der Waals surface area contributed by atoms with Crippen molar-refractivity contribution in [2.75, 3.05) is 0 Å². The van der Waals surface area contributed by atoms with Crippen molar-refractivity contribution in [3.8, 4) is 5.75 Å². The Kier molecular flexibility index (Phi) is 3.63. The van der Waals surface area contributed by atoms with Crippen molar-refractivity contribution < 1.29 is 5.11 Å². The molecule has 1 N–H and O–H groups in total. The van der Waals surface area contributed by atoms with Gasteiger partial charge in [-0.3, -0.25) is 4.99 Å². The van der Waals surface area contributed by atoms with E-state index in [1.165, 1.54) is 0 Å². The summed E-state index contributed by atoms with van der Waals surface area (Å²) in [6.07, 6.45) is 1.66. The molecule has 0 heterocycles. The fraction of sp³-hybridized carbons (Fsp3) is 0.0556. The minimum atomic E-state index is 0.209. The highest BCUT2D eigenvalue weighted by Gasteiger charge is 2.05. The minimum Gasteiger partial charge on any atom is -0.507 e. The Morgan fingerprint density at radius 1 is 1.05 bits per heavy atom. The number of aromatic hydroxyl groups is 1. The molecule has 3 aromatic rings. The highest BCUT2D eigenvalue weighted by atomic mass is 35.5. The first-order chi connectivity index (χ1) is 10.1. The van der Waals surface area contributed by atoms with E-state index < -0.39 is 0 Å². The van der Waals surface area contributed by atoms with Crippen LogP contribution in [0.4, 0.5) is 5.69 Å². The summed E-state index contributed by atoms with van der Waals surface area (Å²) in [6.45, 7) is 1.99. The highest BCUT2D eigenvalue weighted by Crippen LogP contribution is 2.29. The van der Waals surface area contributed by atoms with Crippen LogP contribution < -0.4 is 0 Å². The average molecular weight is 296 g/mol. The maximum Gasteiger partial charge on any atom is 0.124 e. The maximum absolute atomic E-state index is 10.1. The normalized spacial score (nSPS) is 11.3. The Hall–Kier alpha value is -2.32. The molecule has 104 valence electrons. The molecule has 0 aromatic heterocycles. The van der Waals surface area contributed by atoms with Crippen LogP contribution in [-0.4, -0.2) is 11.3 Å². The number of benzene rings is 3. The lowest BCUT2D eigenvalue weighted by molar-refractivity contribution is 0.475. The summed E-state index contributed by atoms with van der Waals surface area (Å²) < 4.78 is 0. The van der Waals surface area contributed by atoms with E-state index >= 15 is 0 Å². The molecular weight excluding hydrogens is 282 g/mol. The average Bonchev–Trinajstić information content (AvgIpc) is 2.49. The van der Waals surface area contributed by atoms with Crippen LogP contribution >= 0.6 is 11.6 Å². The molecule has 3 rings (SSSR count). The van der Waals surface area contributed by atoms with Crippen molar-refractivity contribution in [2.24, 2.45) is 4.99 Å². The van der Waals surface area contributed by atoms with E-state index in [1.54, 1.807) is 12.3 Å². The number of nitrogens with zero attached hydrogens (tertiary/aromatic N) is 1. The van der Waals surface area contributed by atoms with Crippen molar-refractivity contribution in [1.29, 1.82) is 0 Å². The number of aryl methyl sites for hydroxylation is 1. The van der Waals surface area contributed by atoms with Gasteiger partial charge in [-0.25, -0.2) is 0 Å². The van der Waals surface area contributed by atoms with Gasteiger partial charge in [0.1, 0.15) is 5.75 Å². The molecule has 2 nitrogen and oxygen atoms in total. The zero-order valence-corrected chi connectivity index (χ0v) is 12.3. The van der Waals surface area contributed by atoms with Crippen LogP contribution in [-0.2, 0) is 0 Å². The van der Waals surface area contributed by atoms with E-state index in [0.29, 0.717) is 16.3 Å². The van der Waals surface area contributed by atoms with Crippen LogP contribution in [0.25, 0.3) is 10.8 Å². The third-order valence-corrected chi connectivity index (χ3v) is 3.70. The lowest BCUT2D eigenvalue weighted by Gasteiger charge is -2.05. The zero-order chi connectivity index (χ0) is 14.8. The van der Waals surface area contributed by atoms with Crippen molar-refractivity contribution in [3.05, 3.63) is 70.7 Å². The molecule has 0 atom stereocenters. The van der Waals surface area contributed by atoms with E-state index in [1.807, 2.05) is 55.5 Å². The quantitative estimate of drug-likeness (QED) is 0.643. The molecule has 0 unspecified atom stereocenters. The van der Waals surface area contributed by atoms with Gasteiger partial charge in [0.2, 0.25) is 0 Å². The first kappa shape index (κ1) is 13.7. The Morgan fingerprint density at radius 2 is 1.86 bits per heavy atom. The first-order valence-electron chi connectivity index (χ1n) is 6.66. The van der Waals surface area contributed by atoms with Gasteiger partial charge >= 0.3 is 0 Å². The largest absolute Gasteiger partial charge is 0.507 e. The molecule has 0 aliphatic carbocycles. The topological polar surface area (TPSA) is 32.6 Å². The molecule has 0 fully saturated rings. The third-order valence-electron chi connectivity index (χ3n) is 3.38. The summed E-state index contributed by atoms with van der Waals surface area (Å²) in [5, 5.41) is 12.7. The van der Waals surface area contributed by atoms with Crippen molar-refractivity contribution >= 4 is 34.3 Å². The number of aliphatic imine (C=N–C) groups is 1. The number of hydrogen-bond acceptors (Lipinski definition) is 2. The van der Waals surface area contributed by atoms with Gasteiger partial charge in [0.15, 0.2) is 0 Å². The van der Waals surface area contributed by atoms with Crippen molar-refractivity contribution in [3.63, 3.8) is 0 Å². The lowest BCUT2D eigenvalue weighted by atomic mass is 10.0. The summed E-state index contributed by atoms with van der Waals surface area (Å²) in [5.41, 5.74) is 2.49. The SMILES string of the molecule is Cc1ccc(Cl)c(N=Cc2c(O)ccc3ccccc23)c1. The van der Waals surface area contributed by atoms with E-state index in [0.717, 1.165) is 16.3 Å². The molecule has 0 amide bonds. The second-order valence-corrected chi connectivity index (χ2v) is 5.34. The highest BCUT2D eigenvalue weighted by molar-refractivity contribution is 6.33. The number of phenols is 1. The summed E-state index contributed by atoms with van der Waals surface area (Å²) in [5.74, 6) is 0.209. The Balaban J connectivity index is 2.11. The number of rotatable bonds is 2. The minimum absolute atomic E-state index is 0.209. The lowest BCUT2D eigenvalue weighted by Crippen LogP contribution is -1.86. The zero-order valence-electron chi connectivity index (χ0n) is 11.5. The van der Waals surface area contributed by atoms with Gasteiger partial charge < -0.3 is 5.11 Å². The van der Waals surface area contributed by atoms with Crippen LogP contribution in [0.5, 0.6) is 5.75 Å². The number of fused-ring (bicyclic) bond motifs is 1. The van der Waals surface area contributed by atoms with Gasteiger partial charge in [-0.2, -0.15) is 0 Å². The third kappa shape index (κ3) is 2.76. The van der Waals surface area contributed by atoms with Gasteiger partial charge in [0.25, 0.3) is 0 Å². The number of halogens is 1. The molecule has 0 radical (unpaired) electrons. The van der Waals surface area contributed by atoms with Crippen LogP contribution in [0.2, 0.25) is 5.02 Å². The molecule has 0 aliphatic heterocycles. The molecule has 0 saturated heterocycles. The van der Waals surface area contributed by atoms with Crippen molar-refractivity contribution in [2.45, 2.75) is 6.92 Å². The van der Waals surface area contributed by atoms with Gasteiger partial charge in [-0.15, -0.1) is 0 Å².